The zero-order chi connectivity index (χ0) is 14.4. The summed E-state index contributed by atoms with van der Waals surface area (Å²) in [5.74, 6) is -0.557. The molecule has 0 aromatic carbocycles. The quantitative estimate of drug-likeness (QED) is 0.576. The minimum Gasteiger partial charge on any atom is -0.480 e. The van der Waals surface area contributed by atoms with Crippen molar-refractivity contribution in [3.05, 3.63) is 0 Å². The van der Waals surface area contributed by atoms with Crippen molar-refractivity contribution in [2.45, 2.75) is 64.1 Å². The Morgan fingerprint density at radius 1 is 1.21 bits per heavy atom. The largest absolute Gasteiger partial charge is 0.480 e. The Labute approximate surface area is 113 Å². The maximum atomic E-state index is 11.7. The van der Waals surface area contributed by atoms with E-state index < -0.39 is 24.1 Å². The molecule has 0 saturated heterocycles. The maximum Gasteiger partial charge on any atom is 0.328 e. The van der Waals surface area contributed by atoms with Crippen molar-refractivity contribution in [3.8, 4) is 0 Å². The number of urea groups is 1. The summed E-state index contributed by atoms with van der Waals surface area (Å²) in [5.41, 5.74) is 0. The molecule has 4 N–H and O–H groups in total. The van der Waals surface area contributed by atoms with Crippen molar-refractivity contribution in [1.29, 1.82) is 0 Å². The third-order valence-corrected chi connectivity index (χ3v) is 3.63. The Morgan fingerprint density at radius 3 is 2.47 bits per heavy atom. The minimum absolute atomic E-state index is 0.0911. The van der Waals surface area contributed by atoms with Gasteiger partial charge in [0.15, 0.2) is 6.04 Å². The zero-order valence-electron chi connectivity index (χ0n) is 11.6. The normalized spacial score (nSPS) is 26.9. The molecule has 0 bridgehead atoms. The van der Waals surface area contributed by atoms with Crippen LogP contribution in [0.2, 0.25) is 0 Å². The summed E-state index contributed by atoms with van der Waals surface area (Å²) in [6.07, 6.45) is 4.03. The molecular weight excluding hydrogens is 248 g/mol. The van der Waals surface area contributed by atoms with E-state index in [1.165, 1.54) is 13.3 Å². The molecule has 1 saturated carbocycles. The van der Waals surface area contributed by atoms with E-state index in [2.05, 4.69) is 17.6 Å². The van der Waals surface area contributed by atoms with Crippen LogP contribution in [-0.2, 0) is 4.79 Å². The summed E-state index contributed by atoms with van der Waals surface area (Å²) in [4.78, 5) is 22.6. The van der Waals surface area contributed by atoms with Crippen molar-refractivity contribution in [1.82, 2.24) is 10.6 Å². The standard InChI is InChI=1S/C13H24N2O4/c1-8-4-3-5-10(7-6-8)14-13(19)15-11(9(2)16)12(17)18/h8-11,16H,3-7H2,1-2H3,(H,17,18)(H2,14,15,19). The van der Waals surface area contributed by atoms with E-state index in [-0.39, 0.29) is 6.04 Å². The van der Waals surface area contributed by atoms with Gasteiger partial charge in [0.2, 0.25) is 0 Å². The van der Waals surface area contributed by atoms with Gasteiger partial charge in [0, 0.05) is 6.04 Å². The Hall–Kier alpha value is -1.30. The highest BCUT2D eigenvalue weighted by Gasteiger charge is 2.26. The van der Waals surface area contributed by atoms with Gasteiger partial charge in [0.05, 0.1) is 6.10 Å². The highest BCUT2D eigenvalue weighted by atomic mass is 16.4. The van der Waals surface area contributed by atoms with Crippen LogP contribution in [0.5, 0.6) is 0 Å². The average Bonchev–Trinajstić information content (AvgIpc) is 2.50. The molecule has 1 rings (SSSR count). The van der Waals surface area contributed by atoms with E-state index in [1.807, 2.05) is 0 Å². The van der Waals surface area contributed by atoms with E-state index in [1.54, 1.807) is 0 Å². The summed E-state index contributed by atoms with van der Waals surface area (Å²) >= 11 is 0. The number of rotatable bonds is 4. The lowest BCUT2D eigenvalue weighted by Gasteiger charge is -2.21. The van der Waals surface area contributed by atoms with Crippen LogP contribution in [0.25, 0.3) is 0 Å². The second-order valence-electron chi connectivity index (χ2n) is 5.48. The number of hydrogen-bond donors (Lipinski definition) is 4. The molecule has 110 valence electrons. The maximum absolute atomic E-state index is 11.7. The second kappa shape index (κ2) is 7.33. The Morgan fingerprint density at radius 2 is 1.89 bits per heavy atom. The van der Waals surface area contributed by atoms with Crippen molar-refractivity contribution in [2.75, 3.05) is 0 Å². The van der Waals surface area contributed by atoms with E-state index in [4.69, 9.17) is 5.11 Å². The molecule has 1 aliphatic carbocycles. The van der Waals surface area contributed by atoms with Gasteiger partial charge in [-0.3, -0.25) is 0 Å². The lowest BCUT2D eigenvalue weighted by molar-refractivity contribution is -0.141. The van der Waals surface area contributed by atoms with E-state index in [0.717, 1.165) is 25.7 Å². The zero-order valence-corrected chi connectivity index (χ0v) is 11.6. The van der Waals surface area contributed by atoms with Crippen LogP contribution in [-0.4, -0.2) is 40.4 Å². The first-order valence-corrected chi connectivity index (χ1v) is 6.88. The fourth-order valence-corrected chi connectivity index (χ4v) is 2.39. The number of carboxylic acid groups (broad SMARTS) is 1. The molecule has 6 heteroatoms. The molecule has 0 spiro atoms. The molecular formula is C13H24N2O4. The fourth-order valence-electron chi connectivity index (χ4n) is 2.39. The van der Waals surface area contributed by atoms with Gasteiger partial charge >= 0.3 is 12.0 Å². The third-order valence-electron chi connectivity index (χ3n) is 3.63. The van der Waals surface area contributed by atoms with Crippen LogP contribution in [0.15, 0.2) is 0 Å². The number of aliphatic hydroxyl groups is 1. The van der Waals surface area contributed by atoms with Crippen molar-refractivity contribution in [2.24, 2.45) is 5.92 Å². The van der Waals surface area contributed by atoms with Crippen LogP contribution in [0.1, 0.15) is 46.0 Å². The van der Waals surface area contributed by atoms with Gasteiger partial charge < -0.3 is 20.8 Å². The number of hydrogen-bond acceptors (Lipinski definition) is 3. The number of nitrogens with one attached hydrogen (secondary N) is 2. The first-order chi connectivity index (χ1) is 8.90. The van der Waals surface area contributed by atoms with Gasteiger partial charge in [-0.05, 0) is 32.1 Å². The Balaban J connectivity index is 2.43. The van der Waals surface area contributed by atoms with Crippen LogP contribution in [0.4, 0.5) is 4.79 Å². The molecule has 0 aromatic heterocycles. The first-order valence-electron chi connectivity index (χ1n) is 6.88. The number of carbonyl (C=O) groups is 2. The number of aliphatic carboxylic acids is 1. The third kappa shape index (κ3) is 5.46. The van der Waals surface area contributed by atoms with Crippen molar-refractivity contribution in [3.63, 3.8) is 0 Å². The minimum atomic E-state index is -1.27. The Bertz CT molecular complexity index is 320. The van der Waals surface area contributed by atoms with E-state index >= 15 is 0 Å². The topological polar surface area (TPSA) is 98.7 Å². The number of carbonyl (C=O) groups excluding carboxylic acids is 1. The van der Waals surface area contributed by atoms with E-state index in [0.29, 0.717) is 5.92 Å². The number of aliphatic hydroxyl groups excluding tert-OH is 1. The van der Waals surface area contributed by atoms with Crippen LogP contribution in [0.3, 0.4) is 0 Å². The summed E-state index contributed by atoms with van der Waals surface area (Å²) in [5, 5.41) is 23.3. The smallest absolute Gasteiger partial charge is 0.328 e. The molecule has 0 aromatic rings. The molecule has 0 aliphatic heterocycles. The van der Waals surface area contributed by atoms with Gasteiger partial charge in [-0.2, -0.15) is 0 Å². The van der Waals surface area contributed by atoms with Gasteiger partial charge in [0.25, 0.3) is 0 Å². The van der Waals surface area contributed by atoms with Gasteiger partial charge in [-0.1, -0.05) is 19.8 Å². The molecule has 1 fully saturated rings. The van der Waals surface area contributed by atoms with Crippen LogP contribution >= 0.6 is 0 Å². The molecule has 6 nitrogen and oxygen atoms in total. The molecule has 19 heavy (non-hydrogen) atoms. The van der Waals surface area contributed by atoms with Crippen molar-refractivity contribution < 1.29 is 19.8 Å². The first kappa shape index (κ1) is 15.8. The number of amides is 2. The molecule has 2 amide bonds. The number of carboxylic acids is 1. The SMILES string of the molecule is CC1CCCC(NC(=O)NC(C(=O)O)C(C)O)CC1. The molecule has 0 radical (unpaired) electrons. The molecule has 4 atom stereocenters. The molecule has 0 heterocycles. The summed E-state index contributed by atoms with van der Waals surface area (Å²) in [6, 6.07) is -1.70. The summed E-state index contributed by atoms with van der Waals surface area (Å²) in [6.45, 7) is 3.54. The monoisotopic (exact) mass is 272 g/mol. The van der Waals surface area contributed by atoms with Crippen LogP contribution < -0.4 is 10.6 Å². The second-order valence-corrected chi connectivity index (χ2v) is 5.48. The lowest BCUT2D eigenvalue weighted by Crippen LogP contribution is -2.53. The highest BCUT2D eigenvalue weighted by molar-refractivity contribution is 5.83. The summed E-state index contributed by atoms with van der Waals surface area (Å²) in [7, 11) is 0. The highest BCUT2D eigenvalue weighted by Crippen LogP contribution is 2.22. The van der Waals surface area contributed by atoms with Crippen molar-refractivity contribution >= 4 is 12.0 Å². The average molecular weight is 272 g/mol. The van der Waals surface area contributed by atoms with Crippen LogP contribution in [0, 0.1) is 5.92 Å². The molecule has 1 aliphatic rings. The summed E-state index contributed by atoms with van der Waals surface area (Å²) < 4.78 is 0. The van der Waals surface area contributed by atoms with Gasteiger partial charge in [-0.25, -0.2) is 9.59 Å². The Kier molecular flexibility index (Phi) is 6.08. The fraction of sp³-hybridized carbons (Fsp3) is 0.846. The van der Waals surface area contributed by atoms with E-state index in [9.17, 15) is 14.7 Å². The molecule has 4 unspecified atom stereocenters. The predicted octanol–water partition coefficient (Wildman–Crippen LogP) is 1.09. The lowest BCUT2D eigenvalue weighted by atomic mass is 10.0. The predicted molar refractivity (Wildman–Crippen MR) is 70.8 cm³/mol. The van der Waals surface area contributed by atoms with Gasteiger partial charge in [0.1, 0.15) is 0 Å². The van der Waals surface area contributed by atoms with Gasteiger partial charge in [-0.15, -0.1) is 0 Å².